The summed E-state index contributed by atoms with van der Waals surface area (Å²) in [5.41, 5.74) is -0.110. The standard InChI is InChI=1S/C26H33F2N3O7/c1-2-3-4-8-15-36-25(35)30-20-13-14-31(24(34)29-20)21-16-26(27,28)23(19(17-32)37-21)38-22(33)12-11-18-9-6-5-7-10-18/h5-7,9-10,13-14,19,21,23,32H,2-4,8,11-12,15-17H2,1H3,(H,29,30,34,35)/t19?,21-,23-/m1/s1. The Kier molecular flexibility index (Phi) is 10.7. The van der Waals surface area contributed by atoms with Gasteiger partial charge in [0, 0.05) is 12.6 Å². The van der Waals surface area contributed by atoms with E-state index in [0.717, 1.165) is 35.6 Å². The maximum Gasteiger partial charge on any atom is 0.412 e. The van der Waals surface area contributed by atoms with E-state index in [-0.39, 0.29) is 18.8 Å². The number of ether oxygens (including phenoxy) is 3. The number of hydrogen-bond donors (Lipinski definition) is 2. The third kappa shape index (κ3) is 8.32. The van der Waals surface area contributed by atoms with Gasteiger partial charge in [0.25, 0.3) is 5.92 Å². The zero-order valence-corrected chi connectivity index (χ0v) is 21.2. The maximum atomic E-state index is 15.1. The summed E-state index contributed by atoms with van der Waals surface area (Å²) in [6.07, 6.45) is -1.83. The van der Waals surface area contributed by atoms with E-state index in [2.05, 4.69) is 17.2 Å². The molecule has 10 nitrogen and oxygen atoms in total. The minimum Gasteiger partial charge on any atom is -0.453 e. The van der Waals surface area contributed by atoms with Crippen LogP contribution >= 0.6 is 0 Å². The first-order chi connectivity index (χ1) is 18.2. The number of carbonyl (C=O) groups excluding carboxylic acids is 2. The van der Waals surface area contributed by atoms with Crippen LogP contribution in [-0.4, -0.2) is 58.1 Å². The van der Waals surface area contributed by atoms with Gasteiger partial charge in [-0.1, -0.05) is 56.5 Å². The number of aliphatic hydroxyl groups excluding tert-OH is 1. The lowest BCUT2D eigenvalue weighted by atomic mass is 9.99. The van der Waals surface area contributed by atoms with Crippen molar-refractivity contribution >= 4 is 17.9 Å². The molecule has 1 aromatic heterocycles. The summed E-state index contributed by atoms with van der Waals surface area (Å²) in [5.74, 6) is -4.57. The zero-order valence-electron chi connectivity index (χ0n) is 21.2. The summed E-state index contributed by atoms with van der Waals surface area (Å²) < 4.78 is 46.5. The smallest absolute Gasteiger partial charge is 0.412 e. The molecule has 0 aliphatic carbocycles. The SMILES string of the molecule is CCCCCCOC(=O)Nc1ccn([C@H]2CC(F)(F)[C@H](OC(=O)CCc3ccccc3)C(CO)O2)c(=O)n1. The Labute approximate surface area is 218 Å². The topological polar surface area (TPSA) is 129 Å². The van der Waals surface area contributed by atoms with Crippen LogP contribution in [0.5, 0.6) is 0 Å². The Morgan fingerprint density at radius 2 is 1.97 bits per heavy atom. The lowest BCUT2D eigenvalue weighted by Gasteiger charge is -2.40. The molecule has 2 aromatic rings. The van der Waals surface area contributed by atoms with E-state index in [1.54, 1.807) is 24.3 Å². The third-order valence-corrected chi connectivity index (χ3v) is 6.03. The fraction of sp³-hybridized carbons (Fsp3) is 0.538. The number of amides is 1. The van der Waals surface area contributed by atoms with Gasteiger partial charge in [-0.15, -0.1) is 0 Å². The second kappa shape index (κ2) is 14.0. The molecule has 1 fully saturated rings. The molecule has 0 radical (unpaired) electrons. The monoisotopic (exact) mass is 537 g/mol. The Hall–Kier alpha value is -3.38. The second-order valence-corrected chi connectivity index (χ2v) is 9.00. The number of halogens is 2. The van der Waals surface area contributed by atoms with E-state index in [1.165, 1.54) is 6.07 Å². The molecule has 208 valence electrons. The highest BCUT2D eigenvalue weighted by molar-refractivity contribution is 5.83. The molecule has 1 aromatic carbocycles. The van der Waals surface area contributed by atoms with Gasteiger partial charge in [0.05, 0.1) is 19.6 Å². The number of hydrogen-bond acceptors (Lipinski definition) is 8. The van der Waals surface area contributed by atoms with Crippen molar-refractivity contribution in [1.82, 2.24) is 9.55 Å². The van der Waals surface area contributed by atoms with Gasteiger partial charge in [-0.2, -0.15) is 4.98 Å². The van der Waals surface area contributed by atoms with Crippen LogP contribution in [0.1, 0.15) is 57.2 Å². The predicted octanol–water partition coefficient (Wildman–Crippen LogP) is 3.83. The van der Waals surface area contributed by atoms with E-state index >= 15 is 8.78 Å². The molecule has 1 amide bonds. The van der Waals surface area contributed by atoms with E-state index in [4.69, 9.17) is 14.2 Å². The van der Waals surface area contributed by atoms with E-state index in [0.29, 0.717) is 12.8 Å². The fourth-order valence-electron chi connectivity index (χ4n) is 4.03. The quantitative estimate of drug-likeness (QED) is 0.309. The van der Waals surface area contributed by atoms with Crippen LogP contribution in [0.25, 0.3) is 0 Å². The van der Waals surface area contributed by atoms with Crippen molar-refractivity contribution in [3.8, 4) is 0 Å². The zero-order chi connectivity index (χ0) is 27.5. The molecular weight excluding hydrogens is 504 g/mol. The normalized spacial score (nSPS) is 20.5. The average molecular weight is 538 g/mol. The van der Waals surface area contributed by atoms with Gasteiger partial charge >= 0.3 is 17.8 Å². The highest BCUT2D eigenvalue weighted by atomic mass is 19.3. The van der Waals surface area contributed by atoms with Crippen molar-refractivity contribution < 1.29 is 37.7 Å². The third-order valence-electron chi connectivity index (χ3n) is 6.03. The van der Waals surface area contributed by atoms with Crippen LogP contribution in [0, 0.1) is 0 Å². The van der Waals surface area contributed by atoms with Crippen LogP contribution in [0.3, 0.4) is 0 Å². The Bertz CT molecular complexity index is 1110. The van der Waals surface area contributed by atoms with Gasteiger partial charge < -0.3 is 19.3 Å². The summed E-state index contributed by atoms with van der Waals surface area (Å²) in [4.78, 5) is 40.4. The fourth-order valence-corrected chi connectivity index (χ4v) is 4.03. The van der Waals surface area contributed by atoms with Crippen LogP contribution in [-0.2, 0) is 25.4 Å². The average Bonchev–Trinajstić information content (AvgIpc) is 2.89. The van der Waals surface area contributed by atoms with Gasteiger partial charge in [0.15, 0.2) is 6.10 Å². The number of unbranched alkanes of at least 4 members (excludes halogenated alkanes) is 3. The first-order valence-electron chi connectivity index (χ1n) is 12.6. The molecule has 2 N–H and O–H groups in total. The van der Waals surface area contributed by atoms with Crippen molar-refractivity contribution in [2.24, 2.45) is 0 Å². The highest BCUT2D eigenvalue weighted by Crippen LogP contribution is 2.40. The lowest BCUT2D eigenvalue weighted by Crippen LogP contribution is -2.55. The predicted molar refractivity (Wildman–Crippen MR) is 133 cm³/mol. The maximum absolute atomic E-state index is 15.1. The largest absolute Gasteiger partial charge is 0.453 e. The number of aryl methyl sites for hydroxylation is 1. The van der Waals surface area contributed by atoms with Crippen molar-refractivity contribution in [3.63, 3.8) is 0 Å². The summed E-state index contributed by atoms with van der Waals surface area (Å²) in [5, 5.41) is 12.0. The van der Waals surface area contributed by atoms with Crippen LogP contribution in [0.4, 0.5) is 19.4 Å². The first-order valence-corrected chi connectivity index (χ1v) is 12.6. The number of rotatable bonds is 12. The van der Waals surface area contributed by atoms with Crippen LogP contribution in [0.15, 0.2) is 47.4 Å². The molecule has 3 atom stereocenters. The number of aromatic nitrogens is 2. The van der Waals surface area contributed by atoms with Crippen LogP contribution in [0.2, 0.25) is 0 Å². The minimum absolute atomic E-state index is 0.115. The number of carbonyl (C=O) groups is 2. The van der Waals surface area contributed by atoms with Gasteiger partial charge in [-0.05, 0) is 24.5 Å². The summed E-state index contributed by atoms with van der Waals surface area (Å²) in [6, 6.07) is 10.3. The summed E-state index contributed by atoms with van der Waals surface area (Å²) in [6.45, 7) is 1.41. The van der Waals surface area contributed by atoms with Crippen molar-refractivity contribution in [2.45, 2.75) is 76.2 Å². The van der Waals surface area contributed by atoms with Crippen molar-refractivity contribution in [2.75, 3.05) is 18.5 Å². The van der Waals surface area contributed by atoms with Crippen molar-refractivity contribution in [3.05, 3.63) is 58.6 Å². The number of alkyl halides is 2. The number of aliphatic hydroxyl groups is 1. The molecule has 0 spiro atoms. The molecular formula is C26H33F2N3O7. The van der Waals surface area contributed by atoms with Gasteiger partial charge in [-0.25, -0.2) is 18.4 Å². The number of esters is 1. The number of anilines is 1. The molecule has 12 heteroatoms. The molecule has 0 saturated carbocycles. The van der Waals surface area contributed by atoms with E-state index < -0.39 is 55.1 Å². The molecule has 2 heterocycles. The minimum atomic E-state index is -3.60. The summed E-state index contributed by atoms with van der Waals surface area (Å²) in [7, 11) is 0. The lowest BCUT2D eigenvalue weighted by molar-refractivity contribution is -0.267. The highest BCUT2D eigenvalue weighted by Gasteiger charge is 2.54. The molecule has 3 rings (SSSR count). The van der Waals surface area contributed by atoms with Gasteiger partial charge in [-0.3, -0.25) is 14.7 Å². The molecule has 0 bridgehead atoms. The number of benzene rings is 1. The van der Waals surface area contributed by atoms with Gasteiger partial charge in [0.1, 0.15) is 18.1 Å². The molecule has 1 aliphatic heterocycles. The molecule has 1 unspecified atom stereocenters. The molecule has 1 aliphatic rings. The number of nitrogens with zero attached hydrogens (tertiary/aromatic N) is 2. The summed E-state index contributed by atoms with van der Waals surface area (Å²) >= 11 is 0. The van der Waals surface area contributed by atoms with Crippen LogP contribution < -0.4 is 11.0 Å². The second-order valence-electron chi connectivity index (χ2n) is 9.00. The Morgan fingerprint density at radius 1 is 1.21 bits per heavy atom. The van der Waals surface area contributed by atoms with E-state index in [9.17, 15) is 19.5 Å². The Morgan fingerprint density at radius 3 is 2.66 bits per heavy atom. The number of nitrogens with one attached hydrogen (secondary N) is 1. The van der Waals surface area contributed by atoms with E-state index in [1.807, 2.05) is 6.07 Å². The Balaban J connectivity index is 1.59. The molecule has 38 heavy (non-hydrogen) atoms. The van der Waals surface area contributed by atoms with Crippen molar-refractivity contribution in [1.29, 1.82) is 0 Å². The first kappa shape index (κ1) is 29.2. The molecule has 1 saturated heterocycles. The van der Waals surface area contributed by atoms with Gasteiger partial charge in [0.2, 0.25) is 0 Å².